The van der Waals surface area contributed by atoms with Crippen molar-refractivity contribution in [1.29, 1.82) is 0 Å². The van der Waals surface area contributed by atoms with Gasteiger partial charge in [0.2, 0.25) is 0 Å². The molecule has 0 spiro atoms. The first-order valence-corrected chi connectivity index (χ1v) is 7.37. The largest absolute Gasteiger partial charge is 0.341 e. The van der Waals surface area contributed by atoms with Crippen molar-refractivity contribution in [2.45, 2.75) is 26.2 Å². The average Bonchev–Trinajstić information content (AvgIpc) is 2.71. The second-order valence-electron chi connectivity index (χ2n) is 4.77. The molecule has 0 atom stereocenters. The number of imidazole rings is 1. The Morgan fingerprint density at radius 3 is 2.94 bits per heavy atom. The van der Waals surface area contributed by atoms with Gasteiger partial charge in [0.1, 0.15) is 5.82 Å². The van der Waals surface area contributed by atoms with Crippen molar-refractivity contribution in [1.82, 2.24) is 15.0 Å². The van der Waals surface area contributed by atoms with Gasteiger partial charge in [-0.3, -0.25) is 0 Å². The van der Waals surface area contributed by atoms with Gasteiger partial charge in [-0.2, -0.15) is 11.8 Å². The van der Waals surface area contributed by atoms with E-state index < -0.39 is 0 Å². The Labute approximate surface area is 105 Å². The van der Waals surface area contributed by atoms with Crippen molar-refractivity contribution in [2.75, 3.05) is 11.5 Å². The van der Waals surface area contributed by atoms with Crippen molar-refractivity contribution in [3.63, 3.8) is 0 Å². The molecule has 0 unspecified atom stereocenters. The van der Waals surface area contributed by atoms with Crippen LogP contribution < -0.4 is 0 Å². The second-order valence-corrected chi connectivity index (χ2v) is 5.99. The molecule has 1 fully saturated rings. The first kappa shape index (κ1) is 11.1. The van der Waals surface area contributed by atoms with Crippen molar-refractivity contribution < 1.29 is 0 Å². The summed E-state index contributed by atoms with van der Waals surface area (Å²) in [4.78, 5) is 12.4. The Balaban J connectivity index is 1.80. The van der Waals surface area contributed by atoms with Gasteiger partial charge < -0.3 is 4.98 Å². The summed E-state index contributed by atoms with van der Waals surface area (Å²) in [7, 11) is 0. The number of hydrogen-bond donors (Lipinski definition) is 1. The second kappa shape index (κ2) is 4.69. The molecule has 0 aliphatic carbocycles. The minimum Gasteiger partial charge on any atom is -0.341 e. The molecule has 2 aromatic heterocycles. The van der Waals surface area contributed by atoms with Crippen molar-refractivity contribution in [2.24, 2.45) is 5.92 Å². The number of aryl methyl sites for hydroxylation is 1. The molecule has 0 aromatic carbocycles. The number of aromatic amines is 1. The molecule has 0 radical (unpaired) electrons. The number of nitrogens with one attached hydrogen (secondary N) is 1. The van der Waals surface area contributed by atoms with Crippen LogP contribution in [-0.4, -0.2) is 26.5 Å². The van der Waals surface area contributed by atoms with Gasteiger partial charge in [-0.05, 0) is 49.3 Å². The third-order valence-corrected chi connectivity index (χ3v) is 4.41. The molecular formula is C13H17N3S. The Kier molecular flexibility index (Phi) is 3.05. The highest BCUT2D eigenvalue weighted by atomic mass is 32.2. The van der Waals surface area contributed by atoms with Crippen LogP contribution in [0, 0.1) is 12.8 Å². The highest BCUT2D eigenvalue weighted by Gasteiger charge is 2.16. The molecule has 3 heterocycles. The van der Waals surface area contributed by atoms with E-state index in [9.17, 15) is 0 Å². The number of fused-ring (bicyclic) bond motifs is 1. The minimum atomic E-state index is 0.804. The van der Waals surface area contributed by atoms with Crippen LogP contribution in [0.5, 0.6) is 0 Å². The monoisotopic (exact) mass is 247 g/mol. The number of aromatic nitrogens is 3. The zero-order chi connectivity index (χ0) is 11.7. The van der Waals surface area contributed by atoms with Gasteiger partial charge in [-0.25, -0.2) is 9.97 Å². The molecule has 1 saturated heterocycles. The van der Waals surface area contributed by atoms with Gasteiger partial charge in [0, 0.05) is 12.1 Å². The fourth-order valence-electron chi connectivity index (χ4n) is 2.36. The maximum atomic E-state index is 4.59. The summed E-state index contributed by atoms with van der Waals surface area (Å²) in [6.45, 7) is 2.01. The summed E-state index contributed by atoms with van der Waals surface area (Å²) < 4.78 is 0. The smallest absolute Gasteiger partial charge is 0.177 e. The Bertz CT molecular complexity index is 514. The standard InChI is InChI=1S/C13H17N3S/c1-9-2-3-11-13(14-9)16-12(15-11)8-10-4-6-17-7-5-10/h2-3,10H,4-8H2,1H3,(H,14,15,16). The van der Waals surface area contributed by atoms with Gasteiger partial charge in [-0.1, -0.05) is 0 Å². The van der Waals surface area contributed by atoms with Crippen LogP contribution in [0.3, 0.4) is 0 Å². The third kappa shape index (κ3) is 2.46. The summed E-state index contributed by atoms with van der Waals surface area (Å²) >= 11 is 2.07. The first-order valence-electron chi connectivity index (χ1n) is 6.21. The maximum absolute atomic E-state index is 4.59. The molecule has 2 aromatic rings. The molecule has 1 aliphatic heterocycles. The molecule has 4 heteroatoms. The molecule has 3 rings (SSSR count). The Morgan fingerprint density at radius 1 is 1.29 bits per heavy atom. The van der Waals surface area contributed by atoms with Gasteiger partial charge in [0.25, 0.3) is 0 Å². The Morgan fingerprint density at radius 2 is 2.12 bits per heavy atom. The number of rotatable bonds is 2. The van der Waals surface area contributed by atoms with E-state index in [0.29, 0.717) is 0 Å². The quantitative estimate of drug-likeness (QED) is 0.887. The third-order valence-electron chi connectivity index (χ3n) is 3.36. The van der Waals surface area contributed by atoms with Crippen LogP contribution in [0.2, 0.25) is 0 Å². The van der Waals surface area contributed by atoms with Crippen LogP contribution in [0.1, 0.15) is 24.4 Å². The van der Waals surface area contributed by atoms with Crippen LogP contribution in [-0.2, 0) is 6.42 Å². The SMILES string of the molecule is Cc1ccc2[nH]c(CC3CCSCC3)nc2n1. The molecule has 3 nitrogen and oxygen atoms in total. The van der Waals surface area contributed by atoms with Gasteiger partial charge >= 0.3 is 0 Å². The van der Waals surface area contributed by atoms with E-state index >= 15 is 0 Å². The zero-order valence-corrected chi connectivity index (χ0v) is 10.9. The fourth-order valence-corrected chi connectivity index (χ4v) is 3.56. The maximum Gasteiger partial charge on any atom is 0.177 e. The molecule has 90 valence electrons. The Hall–Kier alpha value is -1.03. The van der Waals surface area contributed by atoms with E-state index in [0.717, 1.165) is 35.0 Å². The average molecular weight is 247 g/mol. The summed E-state index contributed by atoms with van der Waals surface area (Å²) in [5.41, 5.74) is 2.96. The number of nitrogens with zero attached hydrogens (tertiary/aromatic N) is 2. The summed E-state index contributed by atoms with van der Waals surface area (Å²) in [5, 5.41) is 0. The van der Waals surface area contributed by atoms with E-state index in [1.54, 1.807) is 0 Å². The van der Waals surface area contributed by atoms with Crippen LogP contribution in [0.15, 0.2) is 12.1 Å². The van der Waals surface area contributed by atoms with Crippen molar-refractivity contribution >= 4 is 22.9 Å². The molecule has 1 N–H and O–H groups in total. The molecule has 0 amide bonds. The number of H-pyrrole nitrogens is 1. The topological polar surface area (TPSA) is 41.6 Å². The lowest BCUT2D eigenvalue weighted by atomic mass is 9.99. The van der Waals surface area contributed by atoms with E-state index in [-0.39, 0.29) is 0 Å². The van der Waals surface area contributed by atoms with E-state index in [1.807, 2.05) is 13.0 Å². The normalized spacial score (nSPS) is 17.7. The predicted octanol–water partition coefficient (Wildman–Crippen LogP) is 2.95. The van der Waals surface area contributed by atoms with Gasteiger partial charge in [0.05, 0.1) is 5.52 Å². The van der Waals surface area contributed by atoms with Crippen molar-refractivity contribution in [3.05, 3.63) is 23.7 Å². The molecule has 17 heavy (non-hydrogen) atoms. The number of thioether (sulfide) groups is 1. The van der Waals surface area contributed by atoms with E-state index in [1.165, 1.54) is 24.3 Å². The van der Waals surface area contributed by atoms with Crippen LogP contribution in [0.4, 0.5) is 0 Å². The van der Waals surface area contributed by atoms with E-state index in [2.05, 4.69) is 32.8 Å². The lowest BCUT2D eigenvalue weighted by Crippen LogP contribution is -2.12. The van der Waals surface area contributed by atoms with Gasteiger partial charge in [0.15, 0.2) is 5.65 Å². The van der Waals surface area contributed by atoms with Crippen LogP contribution in [0.25, 0.3) is 11.2 Å². The fraction of sp³-hybridized carbons (Fsp3) is 0.538. The number of pyridine rings is 1. The number of hydrogen-bond acceptors (Lipinski definition) is 3. The van der Waals surface area contributed by atoms with Crippen molar-refractivity contribution in [3.8, 4) is 0 Å². The predicted molar refractivity (Wildman–Crippen MR) is 72.4 cm³/mol. The zero-order valence-electron chi connectivity index (χ0n) is 10.1. The van der Waals surface area contributed by atoms with Crippen LogP contribution >= 0.6 is 11.8 Å². The molecule has 1 aliphatic rings. The van der Waals surface area contributed by atoms with Gasteiger partial charge in [-0.15, -0.1) is 0 Å². The highest BCUT2D eigenvalue weighted by Crippen LogP contribution is 2.25. The lowest BCUT2D eigenvalue weighted by molar-refractivity contribution is 0.478. The minimum absolute atomic E-state index is 0.804. The lowest BCUT2D eigenvalue weighted by Gasteiger charge is -2.19. The molecular weight excluding hydrogens is 230 g/mol. The summed E-state index contributed by atoms with van der Waals surface area (Å²) in [6.07, 6.45) is 3.73. The highest BCUT2D eigenvalue weighted by molar-refractivity contribution is 7.99. The van der Waals surface area contributed by atoms with E-state index in [4.69, 9.17) is 0 Å². The summed E-state index contributed by atoms with van der Waals surface area (Å²) in [6, 6.07) is 4.10. The first-order chi connectivity index (χ1) is 8.31. The summed E-state index contributed by atoms with van der Waals surface area (Å²) in [5.74, 6) is 4.53. The molecule has 0 bridgehead atoms. The molecule has 0 saturated carbocycles.